The lowest BCUT2D eigenvalue weighted by atomic mass is 10.1. The summed E-state index contributed by atoms with van der Waals surface area (Å²) in [5.74, 6) is -2.08. The van der Waals surface area contributed by atoms with Crippen LogP contribution in [0.3, 0.4) is 0 Å². The molecule has 2 aromatic heterocycles. The van der Waals surface area contributed by atoms with Gasteiger partial charge in [0.2, 0.25) is 0 Å². The predicted molar refractivity (Wildman–Crippen MR) is 131 cm³/mol. The third kappa shape index (κ3) is 6.32. The Kier molecular flexibility index (Phi) is 7.69. The van der Waals surface area contributed by atoms with Gasteiger partial charge in [-0.25, -0.2) is 13.8 Å². The minimum absolute atomic E-state index is 0.0383. The number of furan rings is 1. The Balaban J connectivity index is 1.52. The highest BCUT2D eigenvalue weighted by Crippen LogP contribution is 2.26. The number of hydrogen-bond donors (Lipinski definition) is 2. The lowest BCUT2D eigenvalue weighted by Crippen LogP contribution is -2.35. The molecule has 0 spiro atoms. The van der Waals surface area contributed by atoms with Crippen LogP contribution in [0.15, 0.2) is 83.4 Å². The number of amides is 2. The highest BCUT2D eigenvalue weighted by Gasteiger charge is 2.16. The third-order valence-corrected chi connectivity index (χ3v) is 5.35. The van der Waals surface area contributed by atoms with Crippen LogP contribution in [-0.2, 0) is 11.3 Å². The first kappa shape index (κ1) is 24.6. The Hall–Kier alpha value is -4.53. The van der Waals surface area contributed by atoms with E-state index < -0.39 is 23.4 Å². The van der Waals surface area contributed by atoms with Crippen molar-refractivity contribution in [3.8, 4) is 11.3 Å². The molecule has 36 heavy (non-hydrogen) atoms. The van der Waals surface area contributed by atoms with Gasteiger partial charge >= 0.3 is 0 Å². The summed E-state index contributed by atoms with van der Waals surface area (Å²) in [4.78, 5) is 29.7. The molecule has 2 aromatic carbocycles. The largest absolute Gasteiger partial charge is 0.457 e. The summed E-state index contributed by atoms with van der Waals surface area (Å²) in [6.07, 6.45) is 7.20. The molecule has 9 heteroatoms. The molecule has 0 saturated heterocycles. The van der Waals surface area contributed by atoms with Gasteiger partial charge in [-0.05, 0) is 49.7 Å². The second-order valence-electron chi connectivity index (χ2n) is 8.11. The zero-order valence-corrected chi connectivity index (χ0v) is 19.5. The van der Waals surface area contributed by atoms with Crippen molar-refractivity contribution in [2.45, 2.75) is 19.9 Å². The van der Waals surface area contributed by atoms with E-state index in [1.165, 1.54) is 24.3 Å². The summed E-state index contributed by atoms with van der Waals surface area (Å²) < 4.78 is 35.0. The van der Waals surface area contributed by atoms with Crippen molar-refractivity contribution in [2.75, 3.05) is 6.54 Å². The molecule has 4 rings (SSSR count). The van der Waals surface area contributed by atoms with Gasteiger partial charge in [0, 0.05) is 43.2 Å². The lowest BCUT2D eigenvalue weighted by Gasteiger charge is -2.11. The van der Waals surface area contributed by atoms with Crippen LogP contribution in [0.5, 0.6) is 0 Å². The molecule has 0 aliphatic heterocycles. The quantitative estimate of drug-likeness (QED) is 0.263. The van der Waals surface area contributed by atoms with Crippen LogP contribution in [0.2, 0.25) is 0 Å². The van der Waals surface area contributed by atoms with Crippen molar-refractivity contribution < 1.29 is 22.8 Å². The average molecular weight is 491 g/mol. The zero-order valence-electron chi connectivity index (χ0n) is 19.5. The normalized spacial score (nSPS) is 11.4. The molecule has 0 radical (unpaired) electrons. The maximum absolute atomic E-state index is 14.2. The monoisotopic (exact) mass is 490 g/mol. The van der Waals surface area contributed by atoms with E-state index in [-0.39, 0.29) is 22.8 Å². The summed E-state index contributed by atoms with van der Waals surface area (Å²) in [5.41, 5.74) is 1.41. The fraction of sp³-hybridized carbons (Fsp3) is 0.148. The topological polar surface area (TPSA) is 89.2 Å². The fourth-order valence-electron chi connectivity index (χ4n) is 3.44. The average Bonchev–Trinajstić information content (AvgIpc) is 3.54. The van der Waals surface area contributed by atoms with Crippen LogP contribution in [0, 0.1) is 18.6 Å². The highest BCUT2D eigenvalue weighted by atomic mass is 19.1. The number of hydrogen-bond acceptors (Lipinski definition) is 4. The molecule has 0 atom stereocenters. The van der Waals surface area contributed by atoms with Crippen LogP contribution in [0.25, 0.3) is 17.4 Å². The molecule has 0 fully saturated rings. The number of nitrogens with one attached hydrogen (secondary N) is 2. The van der Waals surface area contributed by atoms with Crippen LogP contribution >= 0.6 is 0 Å². The Morgan fingerprint density at radius 2 is 1.89 bits per heavy atom. The first-order chi connectivity index (χ1) is 17.4. The number of benzene rings is 2. The van der Waals surface area contributed by atoms with E-state index in [0.29, 0.717) is 25.1 Å². The van der Waals surface area contributed by atoms with Crippen molar-refractivity contribution in [3.63, 3.8) is 0 Å². The number of aryl methyl sites for hydroxylation is 2. The van der Waals surface area contributed by atoms with Crippen molar-refractivity contribution in [1.82, 2.24) is 20.2 Å². The van der Waals surface area contributed by atoms with Crippen LogP contribution < -0.4 is 10.6 Å². The maximum atomic E-state index is 14.2. The summed E-state index contributed by atoms with van der Waals surface area (Å²) >= 11 is 0. The Labute approximate surface area is 206 Å². The SMILES string of the molecule is Cc1ccc(C(=O)N/C(=C/c2ccc(-c3ccc(F)cc3F)o2)C(=O)NCCCn2ccnc2)cc1. The van der Waals surface area contributed by atoms with Crippen molar-refractivity contribution in [3.05, 3.63) is 108 Å². The number of aromatic nitrogens is 2. The fourth-order valence-corrected chi connectivity index (χ4v) is 3.44. The molecule has 2 heterocycles. The van der Waals surface area contributed by atoms with Gasteiger partial charge in [-0.3, -0.25) is 9.59 Å². The lowest BCUT2D eigenvalue weighted by molar-refractivity contribution is -0.117. The van der Waals surface area contributed by atoms with Gasteiger partial charge < -0.3 is 19.6 Å². The number of nitrogens with zero attached hydrogens (tertiary/aromatic N) is 2. The maximum Gasteiger partial charge on any atom is 0.267 e. The Morgan fingerprint density at radius 1 is 1.08 bits per heavy atom. The second-order valence-corrected chi connectivity index (χ2v) is 8.11. The Bertz CT molecular complexity index is 1380. The first-order valence-corrected chi connectivity index (χ1v) is 11.3. The van der Waals surface area contributed by atoms with E-state index in [2.05, 4.69) is 15.6 Å². The molecule has 0 unspecified atom stereocenters. The molecule has 7 nitrogen and oxygen atoms in total. The summed E-state index contributed by atoms with van der Waals surface area (Å²) in [5, 5.41) is 5.42. The smallest absolute Gasteiger partial charge is 0.267 e. The third-order valence-electron chi connectivity index (χ3n) is 5.35. The zero-order chi connectivity index (χ0) is 25.5. The van der Waals surface area contributed by atoms with E-state index in [1.54, 1.807) is 36.8 Å². The molecular weight excluding hydrogens is 466 g/mol. The van der Waals surface area contributed by atoms with Gasteiger partial charge in [-0.1, -0.05) is 17.7 Å². The minimum atomic E-state index is -0.775. The Morgan fingerprint density at radius 3 is 2.61 bits per heavy atom. The molecule has 0 bridgehead atoms. The molecule has 0 aliphatic rings. The number of carbonyl (C=O) groups is 2. The van der Waals surface area contributed by atoms with E-state index >= 15 is 0 Å². The van der Waals surface area contributed by atoms with E-state index in [9.17, 15) is 18.4 Å². The number of imidazole rings is 1. The molecule has 2 N–H and O–H groups in total. The van der Waals surface area contributed by atoms with Crippen LogP contribution in [0.4, 0.5) is 8.78 Å². The van der Waals surface area contributed by atoms with Gasteiger partial charge in [0.25, 0.3) is 11.8 Å². The van der Waals surface area contributed by atoms with E-state index in [4.69, 9.17) is 4.42 Å². The van der Waals surface area contributed by atoms with Gasteiger partial charge in [-0.15, -0.1) is 0 Å². The van der Waals surface area contributed by atoms with Gasteiger partial charge in [0.15, 0.2) is 0 Å². The van der Waals surface area contributed by atoms with Crippen molar-refractivity contribution >= 4 is 17.9 Å². The second kappa shape index (κ2) is 11.3. The highest BCUT2D eigenvalue weighted by molar-refractivity contribution is 6.05. The molecule has 184 valence electrons. The summed E-state index contributed by atoms with van der Waals surface area (Å²) in [6.45, 7) is 2.93. The number of carbonyl (C=O) groups excluding carboxylic acids is 2. The van der Waals surface area contributed by atoms with Crippen LogP contribution in [0.1, 0.15) is 28.1 Å². The number of halogens is 2. The molecular formula is C27H24F2N4O3. The van der Waals surface area contributed by atoms with Gasteiger partial charge in [-0.2, -0.15) is 0 Å². The standard InChI is InChI=1S/C27H24F2N4O3/c1-18-3-5-19(6-4-18)26(34)32-24(27(35)31-11-2-13-33-14-12-30-17-33)16-21-8-10-25(36-21)22-9-7-20(28)15-23(22)29/h3-10,12,14-17H,2,11,13H2,1H3,(H,31,35)(H,32,34)/b24-16+. The summed E-state index contributed by atoms with van der Waals surface area (Å²) in [6, 6.07) is 13.1. The van der Waals surface area contributed by atoms with Gasteiger partial charge in [0.05, 0.1) is 11.9 Å². The summed E-state index contributed by atoms with van der Waals surface area (Å²) in [7, 11) is 0. The molecule has 4 aromatic rings. The van der Waals surface area contributed by atoms with E-state index in [0.717, 1.165) is 17.7 Å². The molecule has 0 saturated carbocycles. The molecule has 0 aliphatic carbocycles. The molecule has 2 amide bonds. The first-order valence-electron chi connectivity index (χ1n) is 11.3. The predicted octanol–water partition coefficient (Wildman–Crippen LogP) is 4.71. The van der Waals surface area contributed by atoms with E-state index in [1.807, 2.05) is 17.7 Å². The van der Waals surface area contributed by atoms with Gasteiger partial charge in [0.1, 0.15) is 28.9 Å². The number of rotatable bonds is 9. The van der Waals surface area contributed by atoms with Crippen molar-refractivity contribution in [1.29, 1.82) is 0 Å². The van der Waals surface area contributed by atoms with Crippen molar-refractivity contribution in [2.24, 2.45) is 0 Å². The minimum Gasteiger partial charge on any atom is -0.457 e. The van der Waals surface area contributed by atoms with Crippen LogP contribution in [-0.4, -0.2) is 27.9 Å².